The molecule has 0 saturated heterocycles. The van der Waals surface area contributed by atoms with Gasteiger partial charge in [-0.25, -0.2) is 14.6 Å². The molecule has 3 rings (SSSR count). The minimum absolute atomic E-state index is 0.239. The molecule has 8 nitrogen and oxygen atoms in total. The summed E-state index contributed by atoms with van der Waals surface area (Å²) in [5.74, 6) is 0.262. The standard InChI is InChI=1S/C17H17N3O5/c1-17(2,3)25-16(22)19-10-4-6-11(7-5-10)23-12-8-9-18-14-13(12)24-15(21)20-14/h4-9H,1-3H3,(H,19,22)(H,18,20,21). The number of aromatic amines is 1. The zero-order chi connectivity index (χ0) is 18.0. The second kappa shape index (κ2) is 6.31. The van der Waals surface area contributed by atoms with E-state index in [0.717, 1.165) is 0 Å². The molecule has 3 aromatic rings. The van der Waals surface area contributed by atoms with Crippen LogP contribution in [0.25, 0.3) is 11.2 Å². The van der Waals surface area contributed by atoms with Gasteiger partial charge in [0.2, 0.25) is 5.58 Å². The van der Waals surface area contributed by atoms with Gasteiger partial charge in [0.1, 0.15) is 11.4 Å². The topological polar surface area (TPSA) is 106 Å². The molecule has 0 fully saturated rings. The number of amides is 1. The highest BCUT2D eigenvalue weighted by Crippen LogP contribution is 2.28. The van der Waals surface area contributed by atoms with Crippen molar-refractivity contribution in [1.82, 2.24) is 9.97 Å². The fourth-order valence-corrected chi connectivity index (χ4v) is 2.07. The molecule has 25 heavy (non-hydrogen) atoms. The molecule has 0 radical (unpaired) electrons. The lowest BCUT2D eigenvalue weighted by Gasteiger charge is -2.19. The first-order valence-electron chi connectivity index (χ1n) is 7.56. The molecule has 0 aliphatic rings. The molecule has 0 unspecified atom stereocenters. The van der Waals surface area contributed by atoms with Crippen LogP contribution >= 0.6 is 0 Å². The summed E-state index contributed by atoms with van der Waals surface area (Å²) in [5, 5.41) is 2.63. The first-order chi connectivity index (χ1) is 11.8. The van der Waals surface area contributed by atoms with Crippen LogP contribution < -0.4 is 15.8 Å². The number of carbonyl (C=O) groups excluding carboxylic acids is 1. The summed E-state index contributed by atoms with van der Waals surface area (Å²) < 4.78 is 15.9. The van der Waals surface area contributed by atoms with Gasteiger partial charge in [-0.05, 0) is 45.0 Å². The minimum Gasteiger partial charge on any atom is -0.453 e. The van der Waals surface area contributed by atoms with Crippen LogP contribution in [0, 0.1) is 0 Å². The van der Waals surface area contributed by atoms with E-state index in [-0.39, 0.29) is 5.58 Å². The molecular formula is C17H17N3O5. The Balaban J connectivity index is 1.72. The number of fused-ring (bicyclic) bond motifs is 1. The molecule has 2 heterocycles. The molecule has 0 aliphatic carbocycles. The van der Waals surface area contributed by atoms with E-state index in [1.165, 1.54) is 6.20 Å². The average molecular weight is 343 g/mol. The van der Waals surface area contributed by atoms with E-state index in [1.54, 1.807) is 51.1 Å². The van der Waals surface area contributed by atoms with Gasteiger partial charge in [0.25, 0.3) is 0 Å². The Bertz CT molecular complexity index is 951. The number of aromatic nitrogens is 2. The summed E-state index contributed by atoms with van der Waals surface area (Å²) in [4.78, 5) is 29.5. The van der Waals surface area contributed by atoms with Crippen molar-refractivity contribution in [1.29, 1.82) is 0 Å². The van der Waals surface area contributed by atoms with Crippen molar-refractivity contribution in [3.63, 3.8) is 0 Å². The van der Waals surface area contributed by atoms with Crippen molar-refractivity contribution in [2.24, 2.45) is 0 Å². The number of pyridine rings is 1. The van der Waals surface area contributed by atoms with E-state index in [9.17, 15) is 9.59 Å². The van der Waals surface area contributed by atoms with Gasteiger partial charge in [0.05, 0.1) is 0 Å². The molecule has 0 saturated carbocycles. The maximum Gasteiger partial charge on any atom is 0.418 e. The van der Waals surface area contributed by atoms with Gasteiger partial charge in [-0.15, -0.1) is 0 Å². The Morgan fingerprint density at radius 3 is 2.60 bits per heavy atom. The van der Waals surface area contributed by atoms with E-state index in [1.807, 2.05) is 0 Å². The average Bonchev–Trinajstić information content (AvgIpc) is 2.88. The highest BCUT2D eigenvalue weighted by Gasteiger charge is 2.16. The third-order valence-corrected chi connectivity index (χ3v) is 3.01. The number of anilines is 1. The number of rotatable bonds is 3. The lowest BCUT2D eigenvalue weighted by Crippen LogP contribution is -2.27. The van der Waals surface area contributed by atoms with Crippen LogP contribution in [0.5, 0.6) is 11.5 Å². The van der Waals surface area contributed by atoms with Gasteiger partial charge < -0.3 is 13.9 Å². The van der Waals surface area contributed by atoms with Crippen molar-refractivity contribution in [3.8, 4) is 11.5 Å². The first-order valence-corrected chi connectivity index (χ1v) is 7.56. The maximum absolute atomic E-state index is 11.7. The Morgan fingerprint density at radius 2 is 1.92 bits per heavy atom. The van der Waals surface area contributed by atoms with Gasteiger partial charge in [-0.2, -0.15) is 0 Å². The second-order valence-electron chi connectivity index (χ2n) is 6.25. The van der Waals surface area contributed by atoms with E-state index < -0.39 is 17.5 Å². The summed E-state index contributed by atoms with van der Waals surface area (Å²) >= 11 is 0. The SMILES string of the molecule is CC(C)(C)OC(=O)Nc1ccc(Oc2ccnc3[nH]c(=O)oc23)cc1. The molecule has 0 atom stereocenters. The van der Waals surface area contributed by atoms with Gasteiger partial charge in [0.15, 0.2) is 11.4 Å². The largest absolute Gasteiger partial charge is 0.453 e. The number of oxazole rings is 1. The van der Waals surface area contributed by atoms with Gasteiger partial charge in [-0.1, -0.05) is 0 Å². The third kappa shape index (κ3) is 4.17. The number of carbonyl (C=O) groups is 1. The van der Waals surface area contributed by atoms with Crippen molar-refractivity contribution in [3.05, 3.63) is 47.1 Å². The molecule has 8 heteroatoms. The summed E-state index contributed by atoms with van der Waals surface area (Å²) in [6, 6.07) is 8.27. The van der Waals surface area contributed by atoms with E-state index in [0.29, 0.717) is 22.8 Å². The normalized spacial score (nSPS) is 11.3. The summed E-state index contributed by atoms with van der Waals surface area (Å²) in [5.41, 5.74) is 0.546. The zero-order valence-electron chi connectivity index (χ0n) is 14.0. The second-order valence-corrected chi connectivity index (χ2v) is 6.25. The highest BCUT2D eigenvalue weighted by atomic mass is 16.6. The lowest BCUT2D eigenvalue weighted by molar-refractivity contribution is 0.0636. The third-order valence-electron chi connectivity index (χ3n) is 3.01. The molecule has 2 aromatic heterocycles. The quantitative estimate of drug-likeness (QED) is 0.752. The number of nitrogens with one attached hydrogen (secondary N) is 2. The van der Waals surface area contributed by atoms with Crippen molar-refractivity contribution >= 4 is 23.0 Å². The Labute approximate surface area is 142 Å². The number of benzene rings is 1. The lowest BCUT2D eigenvalue weighted by atomic mass is 10.2. The Morgan fingerprint density at radius 1 is 1.20 bits per heavy atom. The molecule has 1 amide bonds. The first kappa shape index (κ1) is 16.6. The molecule has 0 aliphatic heterocycles. The smallest absolute Gasteiger partial charge is 0.418 e. The fraction of sp³-hybridized carbons (Fsp3) is 0.235. The van der Waals surface area contributed by atoms with Crippen molar-refractivity contribution in [2.75, 3.05) is 5.32 Å². The van der Waals surface area contributed by atoms with Crippen LogP contribution in [0.4, 0.5) is 10.5 Å². The summed E-state index contributed by atoms with van der Waals surface area (Å²) in [6.07, 6.45) is 0.966. The Kier molecular flexibility index (Phi) is 4.18. The summed E-state index contributed by atoms with van der Waals surface area (Å²) in [6.45, 7) is 5.37. The molecule has 2 N–H and O–H groups in total. The van der Waals surface area contributed by atoms with Crippen LogP contribution in [-0.2, 0) is 4.74 Å². The van der Waals surface area contributed by atoms with E-state index in [2.05, 4.69) is 15.3 Å². The van der Waals surface area contributed by atoms with E-state index in [4.69, 9.17) is 13.9 Å². The highest BCUT2D eigenvalue weighted by molar-refractivity contribution is 5.85. The van der Waals surface area contributed by atoms with Gasteiger partial charge in [0, 0.05) is 18.0 Å². The minimum atomic E-state index is -0.601. The molecule has 1 aromatic carbocycles. The van der Waals surface area contributed by atoms with E-state index >= 15 is 0 Å². The maximum atomic E-state index is 11.7. The fourth-order valence-electron chi connectivity index (χ4n) is 2.07. The Hall–Kier alpha value is -3.29. The van der Waals surface area contributed by atoms with Crippen molar-refractivity contribution in [2.45, 2.75) is 26.4 Å². The molecule has 0 bridgehead atoms. The molecular weight excluding hydrogens is 326 g/mol. The number of H-pyrrole nitrogens is 1. The molecule has 0 spiro atoms. The monoisotopic (exact) mass is 343 g/mol. The predicted octanol–water partition coefficient (Wildman–Crippen LogP) is 3.66. The number of hydrogen-bond donors (Lipinski definition) is 2. The van der Waals surface area contributed by atoms with Crippen molar-refractivity contribution < 1.29 is 18.7 Å². The predicted molar refractivity (Wildman–Crippen MR) is 91.0 cm³/mol. The molecule has 130 valence electrons. The van der Waals surface area contributed by atoms with Crippen LogP contribution in [0.1, 0.15) is 20.8 Å². The van der Waals surface area contributed by atoms with Crippen LogP contribution in [0.15, 0.2) is 45.7 Å². The van der Waals surface area contributed by atoms with Crippen LogP contribution in [-0.4, -0.2) is 21.7 Å². The zero-order valence-corrected chi connectivity index (χ0v) is 14.0. The number of hydrogen-bond acceptors (Lipinski definition) is 6. The van der Waals surface area contributed by atoms with Crippen LogP contribution in [0.3, 0.4) is 0 Å². The number of ether oxygens (including phenoxy) is 2. The number of nitrogens with zero attached hydrogens (tertiary/aromatic N) is 1. The van der Waals surface area contributed by atoms with Gasteiger partial charge >= 0.3 is 11.8 Å². The van der Waals surface area contributed by atoms with Gasteiger partial charge in [-0.3, -0.25) is 10.3 Å². The van der Waals surface area contributed by atoms with Crippen LogP contribution in [0.2, 0.25) is 0 Å². The summed E-state index contributed by atoms with van der Waals surface area (Å²) in [7, 11) is 0.